The minimum atomic E-state index is -0.213. The van der Waals surface area contributed by atoms with Crippen molar-refractivity contribution < 1.29 is 9.59 Å². The maximum absolute atomic E-state index is 12.9. The number of nitrogens with zero attached hydrogens (tertiary/aromatic N) is 3. The van der Waals surface area contributed by atoms with Gasteiger partial charge in [-0.3, -0.25) is 9.59 Å². The van der Waals surface area contributed by atoms with Gasteiger partial charge in [-0.25, -0.2) is 0 Å². The van der Waals surface area contributed by atoms with Crippen molar-refractivity contribution in [1.29, 1.82) is 0 Å². The first kappa shape index (κ1) is 19.0. The summed E-state index contributed by atoms with van der Waals surface area (Å²) < 4.78 is 2.23. The molecule has 30 heavy (non-hydrogen) atoms. The molecule has 1 aliphatic heterocycles. The molecule has 1 aromatic heterocycles. The van der Waals surface area contributed by atoms with Crippen LogP contribution in [0.3, 0.4) is 0 Å². The number of rotatable bonds is 3. The smallest absolute Gasteiger partial charge is 0.254 e. The Labute approximate surface area is 177 Å². The van der Waals surface area contributed by atoms with E-state index in [0.717, 1.165) is 28.4 Å². The van der Waals surface area contributed by atoms with Crippen LogP contribution in [-0.4, -0.2) is 27.6 Å². The number of hydrogen-bond donors (Lipinski definition) is 0. The predicted octanol–water partition coefficient (Wildman–Crippen LogP) is 4.16. The normalized spacial score (nSPS) is 27.2. The molecule has 0 N–H and O–H groups in total. The van der Waals surface area contributed by atoms with Crippen LogP contribution >= 0.6 is 0 Å². The highest BCUT2D eigenvalue weighted by Gasteiger charge is 2.59. The summed E-state index contributed by atoms with van der Waals surface area (Å²) in [6.45, 7) is 10.5. The fraction of sp³-hybridized carbons (Fsp3) is 0.400. The molecule has 154 valence electrons. The average molecular weight is 402 g/mol. The van der Waals surface area contributed by atoms with Crippen LogP contribution in [0.4, 0.5) is 0 Å². The standard InChI is InChI=1S/C25H27N3O2/c1-13-8-14(2)23(15(3)9-13)27-16(4)10-20(17(27)5)12-26-28-24(29)21-18-6-7-19(11-18)22(21)25(28)30/h6-10,12,18-19,21-22H,11H2,1-5H3/t18-,19-,21-,22+/m0/s1. The van der Waals surface area contributed by atoms with Gasteiger partial charge in [0.15, 0.2) is 0 Å². The molecular weight excluding hydrogens is 374 g/mol. The molecule has 2 aromatic rings. The Balaban J connectivity index is 1.48. The van der Waals surface area contributed by atoms with Crippen molar-refractivity contribution in [1.82, 2.24) is 9.58 Å². The molecular formula is C25H27N3O2. The van der Waals surface area contributed by atoms with Gasteiger partial charge in [-0.15, -0.1) is 0 Å². The van der Waals surface area contributed by atoms with Gasteiger partial charge in [0, 0.05) is 17.0 Å². The van der Waals surface area contributed by atoms with Crippen molar-refractivity contribution in [3.8, 4) is 5.69 Å². The molecule has 2 bridgehead atoms. The number of imide groups is 1. The zero-order valence-electron chi connectivity index (χ0n) is 18.1. The van der Waals surface area contributed by atoms with Crippen LogP contribution < -0.4 is 0 Å². The number of amides is 2. The topological polar surface area (TPSA) is 54.7 Å². The second-order valence-corrected chi connectivity index (χ2v) is 9.14. The zero-order chi connectivity index (χ0) is 21.3. The molecule has 5 rings (SSSR count). The van der Waals surface area contributed by atoms with E-state index in [1.807, 2.05) is 0 Å². The van der Waals surface area contributed by atoms with Crippen molar-refractivity contribution >= 4 is 18.0 Å². The first-order chi connectivity index (χ1) is 14.3. The first-order valence-electron chi connectivity index (χ1n) is 10.6. The molecule has 1 aromatic carbocycles. The van der Waals surface area contributed by atoms with Crippen LogP contribution in [0.1, 0.15) is 40.1 Å². The Kier molecular flexibility index (Phi) is 4.14. The molecule has 3 aliphatic rings. The van der Waals surface area contributed by atoms with E-state index in [4.69, 9.17) is 0 Å². The number of hydrogen-bond acceptors (Lipinski definition) is 3. The van der Waals surface area contributed by atoms with Gasteiger partial charge in [-0.1, -0.05) is 29.8 Å². The zero-order valence-corrected chi connectivity index (χ0v) is 18.1. The lowest BCUT2D eigenvalue weighted by Gasteiger charge is -2.17. The van der Waals surface area contributed by atoms with E-state index in [0.29, 0.717) is 0 Å². The van der Waals surface area contributed by atoms with Crippen molar-refractivity contribution in [3.63, 3.8) is 0 Å². The molecule has 1 saturated heterocycles. The number of benzene rings is 1. The van der Waals surface area contributed by atoms with E-state index in [9.17, 15) is 9.59 Å². The molecule has 0 spiro atoms. The SMILES string of the molecule is Cc1cc(C)c(-n2c(C)cc(C=NN3C(=O)[C@@H]4[C@H](C3=O)[C@H]3C=C[C@H]4C3)c2C)c(C)c1. The summed E-state index contributed by atoms with van der Waals surface area (Å²) in [5, 5.41) is 5.49. The predicted molar refractivity (Wildman–Crippen MR) is 117 cm³/mol. The lowest BCUT2D eigenvalue weighted by molar-refractivity contribution is -0.140. The summed E-state index contributed by atoms with van der Waals surface area (Å²) in [5.41, 5.74) is 7.94. The third-order valence-electron chi connectivity index (χ3n) is 7.09. The Morgan fingerprint density at radius 3 is 2.03 bits per heavy atom. The van der Waals surface area contributed by atoms with Gasteiger partial charge in [-0.2, -0.15) is 10.1 Å². The average Bonchev–Trinajstić information content (AvgIpc) is 3.40. The molecule has 0 radical (unpaired) electrons. The summed E-state index contributed by atoms with van der Waals surface area (Å²) in [5.74, 6) is -0.303. The number of hydrazone groups is 1. The van der Waals surface area contributed by atoms with Gasteiger partial charge in [0.2, 0.25) is 0 Å². The van der Waals surface area contributed by atoms with Crippen LogP contribution in [0, 0.1) is 58.3 Å². The molecule has 4 atom stereocenters. The van der Waals surface area contributed by atoms with E-state index in [-0.39, 0.29) is 35.5 Å². The number of aromatic nitrogens is 1. The summed E-state index contributed by atoms with van der Waals surface area (Å²) in [4.78, 5) is 25.7. The highest BCUT2D eigenvalue weighted by Crippen LogP contribution is 2.52. The second kappa shape index (κ2) is 6.53. The summed E-state index contributed by atoms with van der Waals surface area (Å²) in [6.07, 6.45) is 6.80. The summed E-state index contributed by atoms with van der Waals surface area (Å²) in [7, 11) is 0. The van der Waals surface area contributed by atoms with Gasteiger partial charge in [0.1, 0.15) is 0 Å². The van der Waals surface area contributed by atoms with Crippen molar-refractivity contribution in [3.05, 3.63) is 64.0 Å². The number of fused-ring (bicyclic) bond motifs is 5. The number of aryl methyl sites for hydroxylation is 4. The fourth-order valence-corrected chi connectivity index (χ4v) is 5.91. The minimum Gasteiger partial charge on any atom is -0.317 e. The molecule has 2 heterocycles. The van der Waals surface area contributed by atoms with Gasteiger partial charge in [-0.05, 0) is 70.1 Å². The second-order valence-electron chi connectivity index (χ2n) is 9.14. The van der Waals surface area contributed by atoms with Gasteiger partial charge in [0.05, 0.1) is 23.7 Å². The number of carbonyl (C=O) groups excluding carboxylic acids is 2. The monoisotopic (exact) mass is 401 g/mol. The van der Waals surface area contributed by atoms with Crippen LogP contribution in [-0.2, 0) is 9.59 Å². The maximum atomic E-state index is 12.9. The Hall–Kier alpha value is -2.95. The highest BCUT2D eigenvalue weighted by atomic mass is 16.2. The Morgan fingerprint density at radius 1 is 0.900 bits per heavy atom. The third kappa shape index (κ3) is 2.57. The van der Waals surface area contributed by atoms with Crippen molar-refractivity contribution in [2.75, 3.05) is 0 Å². The van der Waals surface area contributed by atoms with E-state index in [2.05, 4.69) is 74.6 Å². The summed E-state index contributed by atoms with van der Waals surface area (Å²) >= 11 is 0. The van der Waals surface area contributed by atoms with E-state index in [1.54, 1.807) is 6.21 Å². The number of allylic oxidation sites excluding steroid dienone is 2. The molecule has 2 amide bonds. The first-order valence-corrected chi connectivity index (χ1v) is 10.6. The van der Waals surface area contributed by atoms with Gasteiger partial charge < -0.3 is 4.57 Å². The van der Waals surface area contributed by atoms with Crippen LogP contribution in [0.25, 0.3) is 5.69 Å². The third-order valence-corrected chi connectivity index (χ3v) is 7.09. The molecule has 0 unspecified atom stereocenters. The fourth-order valence-electron chi connectivity index (χ4n) is 5.91. The molecule has 5 heteroatoms. The van der Waals surface area contributed by atoms with Crippen LogP contribution in [0.15, 0.2) is 35.5 Å². The lowest BCUT2D eigenvalue weighted by atomic mass is 9.85. The van der Waals surface area contributed by atoms with Crippen LogP contribution in [0.5, 0.6) is 0 Å². The van der Waals surface area contributed by atoms with Crippen LogP contribution in [0.2, 0.25) is 0 Å². The highest BCUT2D eigenvalue weighted by molar-refractivity contribution is 6.06. The van der Waals surface area contributed by atoms with Gasteiger partial charge >= 0.3 is 0 Å². The van der Waals surface area contributed by atoms with E-state index >= 15 is 0 Å². The van der Waals surface area contributed by atoms with Crippen molar-refractivity contribution in [2.24, 2.45) is 28.8 Å². The Bertz CT molecular complexity index is 1100. The summed E-state index contributed by atoms with van der Waals surface area (Å²) in [6, 6.07) is 6.45. The largest absolute Gasteiger partial charge is 0.317 e. The van der Waals surface area contributed by atoms with Crippen molar-refractivity contribution in [2.45, 2.75) is 41.0 Å². The van der Waals surface area contributed by atoms with Gasteiger partial charge in [0.25, 0.3) is 11.8 Å². The Morgan fingerprint density at radius 2 is 1.47 bits per heavy atom. The quantitative estimate of drug-likeness (QED) is 0.441. The number of carbonyl (C=O) groups is 2. The van der Waals surface area contributed by atoms with E-state index in [1.165, 1.54) is 22.4 Å². The maximum Gasteiger partial charge on any atom is 0.254 e. The lowest BCUT2D eigenvalue weighted by Crippen LogP contribution is -2.28. The molecule has 5 nitrogen and oxygen atoms in total. The molecule has 1 saturated carbocycles. The minimum absolute atomic E-state index is 0.142. The molecule has 2 aliphatic carbocycles. The van der Waals surface area contributed by atoms with E-state index < -0.39 is 0 Å². The molecule has 2 fully saturated rings.